The summed E-state index contributed by atoms with van der Waals surface area (Å²) in [4.78, 5) is 27.1. The molecule has 1 saturated heterocycles. The van der Waals surface area contributed by atoms with Crippen molar-refractivity contribution in [2.24, 2.45) is 0 Å². The average Bonchev–Trinajstić information content (AvgIpc) is 3.17. The lowest BCUT2D eigenvalue weighted by Gasteiger charge is -2.39. The maximum absolute atomic E-state index is 11.6. The SMILES string of the molecule is COC(=O)c1ncn([C@@H]2O[C@H](C=O)[C@@H](O[Si](C)(C)C(C)(C)C)[C@H]2OC)n1. The predicted octanol–water partition coefficient (Wildman–Crippen LogP) is 1.57. The van der Waals surface area contributed by atoms with Gasteiger partial charge in [0.05, 0.1) is 7.11 Å². The Labute approximate surface area is 154 Å². The van der Waals surface area contributed by atoms with Gasteiger partial charge in [0, 0.05) is 7.11 Å². The van der Waals surface area contributed by atoms with Gasteiger partial charge in [-0.15, -0.1) is 5.10 Å². The standard InChI is InChI=1S/C16H27N3O6Si/c1-16(2,3)26(6,7)25-11-10(8-20)24-14(12(11)22-4)19-9-17-13(18-19)15(21)23-5/h8-12,14H,1-7H3/t10-,11-,12-,14-/m1/s1. The molecule has 9 nitrogen and oxygen atoms in total. The van der Waals surface area contributed by atoms with E-state index in [0.717, 1.165) is 0 Å². The minimum atomic E-state index is -2.17. The lowest BCUT2D eigenvalue weighted by Crippen LogP contribution is -2.49. The van der Waals surface area contributed by atoms with Crippen molar-refractivity contribution in [1.29, 1.82) is 0 Å². The van der Waals surface area contributed by atoms with Crippen LogP contribution in [0.15, 0.2) is 6.33 Å². The van der Waals surface area contributed by atoms with Gasteiger partial charge in [-0.2, -0.15) is 0 Å². The number of aldehydes is 1. The van der Waals surface area contributed by atoms with E-state index in [4.69, 9.17) is 13.9 Å². The monoisotopic (exact) mass is 385 g/mol. The molecule has 146 valence electrons. The highest BCUT2D eigenvalue weighted by Gasteiger charge is 2.51. The number of hydrogen-bond acceptors (Lipinski definition) is 8. The molecule has 1 aliphatic rings. The molecule has 2 heterocycles. The number of esters is 1. The van der Waals surface area contributed by atoms with Gasteiger partial charge in [0.2, 0.25) is 0 Å². The Hall–Kier alpha value is -1.62. The van der Waals surface area contributed by atoms with Crippen LogP contribution in [0, 0.1) is 0 Å². The second-order valence-corrected chi connectivity index (χ2v) is 12.5. The summed E-state index contributed by atoms with van der Waals surface area (Å²) in [7, 11) is 0.597. The Kier molecular flexibility index (Phi) is 6.01. The van der Waals surface area contributed by atoms with Crippen LogP contribution in [0.25, 0.3) is 0 Å². The zero-order chi connectivity index (χ0) is 19.7. The molecule has 1 aromatic rings. The molecule has 0 aliphatic carbocycles. The van der Waals surface area contributed by atoms with Gasteiger partial charge >= 0.3 is 5.97 Å². The number of carbonyl (C=O) groups excluding carboxylic acids is 2. The molecule has 0 radical (unpaired) electrons. The normalized spacial score (nSPS) is 26.7. The molecule has 0 spiro atoms. The first-order valence-electron chi connectivity index (χ1n) is 8.36. The molecule has 4 atom stereocenters. The molecule has 0 aromatic carbocycles. The zero-order valence-electron chi connectivity index (χ0n) is 16.3. The summed E-state index contributed by atoms with van der Waals surface area (Å²) < 4.78 is 23.8. The van der Waals surface area contributed by atoms with Gasteiger partial charge in [-0.1, -0.05) is 20.8 Å². The van der Waals surface area contributed by atoms with Crippen molar-refractivity contribution in [2.45, 2.75) is 63.4 Å². The van der Waals surface area contributed by atoms with Crippen molar-refractivity contribution in [3.05, 3.63) is 12.2 Å². The Morgan fingerprint density at radius 2 is 1.96 bits per heavy atom. The number of ether oxygens (including phenoxy) is 3. The van der Waals surface area contributed by atoms with Crippen LogP contribution in [0.2, 0.25) is 18.1 Å². The first kappa shape index (κ1) is 20.7. The summed E-state index contributed by atoms with van der Waals surface area (Å²) in [6, 6.07) is 0. The lowest BCUT2D eigenvalue weighted by molar-refractivity contribution is -0.123. The molecule has 0 saturated carbocycles. The second kappa shape index (κ2) is 7.55. The zero-order valence-corrected chi connectivity index (χ0v) is 17.3. The van der Waals surface area contributed by atoms with E-state index in [9.17, 15) is 9.59 Å². The highest BCUT2D eigenvalue weighted by atomic mass is 28.4. The molecule has 1 aliphatic heterocycles. The smallest absolute Gasteiger partial charge is 0.377 e. The van der Waals surface area contributed by atoms with E-state index in [-0.39, 0.29) is 10.9 Å². The molecule has 10 heteroatoms. The highest BCUT2D eigenvalue weighted by Crippen LogP contribution is 2.41. The third-order valence-corrected chi connectivity index (χ3v) is 9.48. The van der Waals surface area contributed by atoms with Gasteiger partial charge in [-0.25, -0.2) is 14.5 Å². The Balaban J connectivity index is 2.30. The Morgan fingerprint density at radius 3 is 2.46 bits per heavy atom. The topological polar surface area (TPSA) is 102 Å². The van der Waals surface area contributed by atoms with E-state index in [1.54, 1.807) is 0 Å². The van der Waals surface area contributed by atoms with Crippen LogP contribution in [0.5, 0.6) is 0 Å². The summed E-state index contributed by atoms with van der Waals surface area (Å²) in [6.07, 6.45) is -0.636. The fraction of sp³-hybridized carbons (Fsp3) is 0.750. The third-order valence-electron chi connectivity index (χ3n) is 5.01. The van der Waals surface area contributed by atoms with E-state index in [0.29, 0.717) is 6.29 Å². The molecule has 1 fully saturated rings. The van der Waals surface area contributed by atoms with Gasteiger partial charge in [0.25, 0.3) is 5.82 Å². The van der Waals surface area contributed by atoms with Gasteiger partial charge in [0.15, 0.2) is 20.8 Å². The maximum atomic E-state index is 11.6. The average molecular weight is 385 g/mol. The van der Waals surface area contributed by atoms with Crippen LogP contribution < -0.4 is 0 Å². The Bertz CT molecular complexity index is 657. The van der Waals surface area contributed by atoms with Crippen LogP contribution >= 0.6 is 0 Å². The van der Waals surface area contributed by atoms with Gasteiger partial charge in [-0.05, 0) is 18.1 Å². The molecule has 0 N–H and O–H groups in total. The van der Waals surface area contributed by atoms with Crippen LogP contribution in [0.4, 0.5) is 0 Å². The summed E-state index contributed by atoms with van der Waals surface area (Å²) in [5, 5.41) is 4.04. The van der Waals surface area contributed by atoms with Crippen molar-refractivity contribution in [3.8, 4) is 0 Å². The predicted molar refractivity (Wildman–Crippen MR) is 94.2 cm³/mol. The minimum Gasteiger partial charge on any atom is -0.463 e. The summed E-state index contributed by atoms with van der Waals surface area (Å²) in [6.45, 7) is 10.5. The number of hydrogen-bond donors (Lipinski definition) is 0. The van der Waals surface area contributed by atoms with E-state index in [1.807, 2.05) is 0 Å². The summed E-state index contributed by atoms with van der Waals surface area (Å²) in [5.74, 6) is -0.751. The first-order chi connectivity index (χ1) is 12.1. The summed E-state index contributed by atoms with van der Waals surface area (Å²) >= 11 is 0. The van der Waals surface area contributed by atoms with E-state index < -0.39 is 38.8 Å². The van der Waals surface area contributed by atoms with Crippen LogP contribution in [-0.4, -0.2) is 67.9 Å². The maximum Gasteiger partial charge on any atom is 0.377 e. The number of aromatic nitrogens is 3. The quantitative estimate of drug-likeness (QED) is 0.413. The van der Waals surface area contributed by atoms with Crippen molar-refractivity contribution in [3.63, 3.8) is 0 Å². The van der Waals surface area contributed by atoms with Crippen molar-refractivity contribution in [2.75, 3.05) is 14.2 Å². The third kappa shape index (κ3) is 3.87. The molecule has 2 rings (SSSR count). The van der Waals surface area contributed by atoms with Crippen molar-refractivity contribution < 1.29 is 28.2 Å². The summed E-state index contributed by atoms with van der Waals surface area (Å²) in [5.41, 5.74) is 0. The minimum absolute atomic E-state index is 0.0396. The van der Waals surface area contributed by atoms with Crippen LogP contribution in [0.3, 0.4) is 0 Å². The molecule has 26 heavy (non-hydrogen) atoms. The number of nitrogens with zero attached hydrogens (tertiary/aromatic N) is 3. The number of methoxy groups -OCH3 is 2. The first-order valence-corrected chi connectivity index (χ1v) is 11.3. The number of carbonyl (C=O) groups is 2. The van der Waals surface area contributed by atoms with Crippen molar-refractivity contribution >= 4 is 20.6 Å². The van der Waals surface area contributed by atoms with Crippen molar-refractivity contribution in [1.82, 2.24) is 14.8 Å². The van der Waals surface area contributed by atoms with E-state index in [2.05, 4.69) is 48.7 Å². The van der Waals surface area contributed by atoms with Crippen LogP contribution in [-0.2, 0) is 23.4 Å². The molecular weight excluding hydrogens is 358 g/mol. The van der Waals surface area contributed by atoms with Gasteiger partial charge in [0.1, 0.15) is 24.6 Å². The molecule has 0 amide bonds. The molecule has 0 bridgehead atoms. The molecule has 1 aromatic heterocycles. The lowest BCUT2D eigenvalue weighted by atomic mass is 10.1. The Morgan fingerprint density at radius 1 is 1.31 bits per heavy atom. The van der Waals surface area contributed by atoms with Gasteiger partial charge in [-0.3, -0.25) is 0 Å². The van der Waals surface area contributed by atoms with E-state index in [1.165, 1.54) is 25.2 Å². The fourth-order valence-corrected chi connectivity index (χ4v) is 3.77. The molecular formula is C16H27N3O6Si. The largest absolute Gasteiger partial charge is 0.463 e. The van der Waals surface area contributed by atoms with Gasteiger partial charge < -0.3 is 23.4 Å². The second-order valence-electron chi connectivity index (χ2n) is 7.71. The fourth-order valence-electron chi connectivity index (χ4n) is 2.47. The van der Waals surface area contributed by atoms with E-state index >= 15 is 0 Å². The van der Waals surface area contributed by atoms with Crippen LogP contribution in [0.1, 0.15) is 37.6 Å². The number of rotatable bonds is 6. The highest BCUT2D eigenvalue weighted by molar-refractivity contribution is 6.74. The molecule has 0 unspecified atom stereocenters.